The fraction of sp³-hybridized carbons (Fsp3) is 0.571. The van der Waals surface area contributed by atoms with Gasteiger partial charge in [0, 0.05) is 25.2 Å². The first-order chi connectivity index (χ1) is 7.79. The van der Waals surface area contributed by atoms with Crippen molar-refractivity contribution in [2.24, 2.45) is 0 Å². The molecule has 0 aromatic heterocycles. The van der Waals surface area contributed by atoms with Crippen LogP contribution in [-0.2, 0) is 6.42 Å². The van der Waals surface area contributed by atoms with E-state index >= 15 is 0 Å². The summed E-state index contributed by atoms with van der Waals surface area (Å²) >= 11 is 0. The van der Waals surface area contributed by atoms with Gasteiger partial charge in [0.05, 0.1) is 0 Å². The minimum absolute atomic E-state index is 0.631. The third-order valence-electron chi connectivity index (χ3n) is 3.45. The van der Waals surface area contributed by atoms with E-state index in [0.29, 0.717) is 12.1 Å². The van der Waals surface area contributed by atoms with E-state index in [1.807, 2.05) is 0 Å². The van der Waals surface area contributed by atoms with Crippen LogP contribution in [-0.4, -0.2) is 36.6 Å². The van der Waals surface area contributed by atoms with Gasteiger partial charge < -0.3 is 5.32 Å². The molecule has 1 fully saturated rings. The first kappa shape index (κ1) is 11.6. The van der Waals surface area contributed by atoms with Crippen molar-refractivity contribution in [3.05, 3.63) is 35.9 Å². The smallest absolute Gasteiger partial charge is 0.0261 e. The molecule has 2 nitrogen and oxygen atoms in total. The van der Waals surface area contributed by atoms with Crippen molar-refractivity contribution in [1.82, 2.24) is 10.2 Å². The van der Waals surface area contributed by atoms with Crippen LogP contribution in [0.15, 0.2) is 30.3 Å². The number of hydrogen-bond donors (Lipinski definition) is 1. The van der Waals surface area contributed by atoms with E-state index in [0.717, 1.165) is 19.5 Å². The fourth-order valence-electron chi connectivity index (χ4n) is 2.51. The lowest BCUT2D eigenvalue weighted by Gasteiger charge is -2.38. The van der Waals surface area contributed by atoms with Crippen LogP contribution < -0.4 is 5.32 Å². The van der Waals surface area contributed by atoms with Gasteiger partial charge in [-0.05, 0) is 25.5 Å². The molecule has 0 radical (unpaired) electrons. The summed E-state index contributed by atoms with van der Waals surface area (Å²) in [5.74, 6) is 0. The van der Waals surface area contributed by atoms with Crippen molar-refractivity contribution in [3.8, 4) is 0 Å². The fourth-order valence-corrected chi connectivity index (χ4v) is 2.51. The maximum Gasteiger partial charge on any atom is 0.0261 e. The van der Waals surface area contributed by atoms with Crippen molar-refractivity contribution in [1.29, 1.82) is 0 Å². The lowest BCUT2D eigenvalue weighted by atomic mass is 10.0. The molecule has 2 heteroatoms. The van der Waals surface area contributed by atoms with Gasteiger partial charge in [0.1, 0.15) is 0 Å². The number of benzene rings is 1. The molecule has 1 aliphatic heterocycles. The molecule has 0 aliphatic carbocycles. The van der Waals surface area contributed by atoms with Gasteiger partial charge in [-0.15, -0.1) is 0 Å². The zero-order valence-corrected chi connectivity index (χ0v) is 10.3. The van der Waals surface area contributed by atoms with E-state index in [2.05, 4.69) is 54.4 Å². The van der Waals surface area contributed by atoms with E-state index in [9.17, 15) is 0 Å². The Morgan fingerprint density at radius 3 is 2.75 bits per heavy atom. The highest BCUT2D eigenvalue weighted by Gasteiger charge is 2.24. The first-order valence-corrected chi connectivity index (χ1v) is 6.31. The van der Waals surface area contributed by atoms with Crippen molar-refractivity contribution >= 4 is 0 Å². The van der Waals surface area contributed by atoms with Crippen molar-refractivity contribution in [2.75, 3.05) is 19.6 Å². The molecule has 1 saturated heterocycles. The molecule has 0 bridgehead atoms. The van der Waals surface area contributed by atoms with Crippen LogP contribution in [0.3, 0.4) is 0 Å². The molecule has 1 heterocycles. The maximum atomic E-state index is 3.57. The summed E-state index contributed by atoms with van der Waals surface area (Å²) in [5.41, 5.74) is 1.45. The van der Waals surface area contributed by atoms with E-state index in [-0.39, 0.29) is 0 Å². The van der Waals surface area contributed by atoms with Gasteiger partial charge in [-0.25, -0.2) is 0 Å². The first-order valence-electron chi connectivity index (χ1n) is 6.31. The highest BCUT2D eigenvalue weighted by molar-refractivity contribution is 5.16. The van der Waals surface area contributed by atoms with E-state index in [4.69, 9.17) is 0 Å². The average molecular weight is 218 g/mol. The molecule has 88 valence electrons. The van der Waals surface area contributed by atoms with Gasteiger partial charge in [0.15, 0.2) is 0 Å². The Hall–Kier alpha value is -0.860. The predicted molar refractivity (Wildman–Crippen MR) is 68.6 cm³/mol. The van der Waals surface area contributed by atoms with Gasteiger partial charge in [-0.2, -0.15) is 0 Å². The normalized spacial score (nSPS) is 26.9. The molecule has 1 N–H and O–H groups in total. The number of hydrogen-bond acceptors (Lipinski definition) is 2. The van der Waals surface area contributed by atoms with E-state index in [1.165, 1.54) is 12.1 Å². The molecule has 2 unspecified atom stereocenters. The third kappa shape index (κ3) is 2.83. The summed E-state index contributed by atoms with van der Waals surface area (Å²) in [6, 6.07) is 12.1. The van der Waals surface area contributed by atoms with Crippen LogP contribution in [0.25, 0.3) is 0 Å². The molecule has 16 heavy (non-hydrogen) atoms. The number of nitrogens with one attached hydrogen (secondary N) is 1. The molecule has 1 aromatic carbocycles. The van der Waals surface area contributed by atoms with Crippen LogP contribution in [0.5, 0.6) is 0 Å². The predicted octanol–water partition coefficient (Wildman–Crippen LogP) is 1.91. The zero-order chi connectivity index (χ0) is 11.4. The Bertz CT molecular complexity index is 310. The van der Waals surface area contributed by atoms with Crippen molar-refractivity contribution < 1.29 is 0 Å². The standard InChI is InChI=1S/C14H22N2/c1-3-16-11-12(2)15-10-14(16)9-13-7-5-4-6-8-13/h4-8,12,14-15H,3,9-11H2,1-2H3. The summed E-state index contributed by atoms with van der Waals surface area (Å²) in [7, 11) is 0. The monoisotopic (exact) mass is 218 g/mol. The van der Waals surface area contributed by atoms with Crippen LogP contribution >= 0.6 is 0 Å². The number of piperazine rings is 1. The molecular formula is C14H22N2. The van der Waals surface area contributed by atoms with E-state index < -0.39 is 0 Å². The van der Waals surface area contributed by atoms with Gasteiger partial charge >= 0.3 is 0 Å². The number of nitrogens with zero attached hydrogens (tertiary/aromatic N) is 1. The SMILES string of the molecule is CCN1CC(C)NCC1Cc1ccccc1. The van der Waals surface area contributed by atoms with E-state index in [1.54, 1.807) is 0 Å². The summed E-state index contributed by atoms with van der Waals surface area (Å²) in [6.45, 7) is 7.97. The molecule has 0 saturated carbocycles. The molecule has 0 amide bonds. The van der Waals surface area contributed by atoms with Gasteiger partial charge in [-0.1, -0.05) is 37.3 Å². The molecule has 2 atom stereocenters. The Labute approximate surface area is 98.7 Å². The van der Waals surface area contributed by atoms with Crippen LogP contribution in [0.4, 0.5) is 0 Å². The molecule has 1 aromatic rings. The summed E-state index contributed by atoms with van der Waals surface area (Å²) < 4.78 is 0. The molecule has 0 spiro atoms. The van der Waals surface area contributed by atoms with Gasteiger partial charge in [0.25, 0.3) is 0 Å². The van der Waals surface area contributed by atoms with Gasteiger partial charge in [0.2, 0.25) is 0 Å². The van der Waals surface area contributed by atoms with Crippen molar-refractivity contribution in [3.63, 3.8) is 0 Å². The molecular weight excluding hydrogens is 196 g/mol. The topological polar surface area (TPSA) is 15.3 Å². The number of likely N-dealkylation sites (N-methyl/N-ethyl adjacent to an activating group) is 1. The van der Waals surface area contributed by atoms with Crippen LogP contribution in [0, 0.1) is 0 Å². The summed E-state index contributed by atoms with van der Waals surface area (Å²) in [4.78, 5) is 2.59. The second-order valence-corrected chi connectivity index (χ2v) is 4.74. The summed E-state index contributed by atoms with van der Waals surface area (Å²) in [6.07, 6.45) is 1.16. The lowest BCUT2D eigenvalue weighted by Crippen LogP contribution is -2.56. The summed E-state index contributed by atoms with van der Waals surface area (Å²) in [5, 5.41) is 3.57. The second-order valence-electron chi connectivity index (χ2n) is 4.74. The third-order valence-corrected chi connectivity index (χ3v) is 3.45. The maximum absolute atomic E-state index is 3.57. The molecule has 1 aliphatic rings. The quantitative estimate of drug-likeness (QED) is 0.834. The van der Waals surface area contributed by atoms with Gasteiger partial charge in [-0.3, -0.25) is 4.90 Å². The lowest BCUT2D eigenvalue weighted by molar-refractivity contribution is 0.142. The Morgan fingerprint density at radius 1 is 1.31 bits per heavy atom. The Morgan fingerprint density at radius 2 is 2.06 bits per heavy atom. The minimum atomic E-state index is 0.631. The second kappa shape index (κ2) is 5.46. The Kier molecular flexibility index (Phi) is 3.97. The average Bonchev–Trinajstić information content (AvgIpc) is 2.33. The zero-order valence-electron chi connectivity index (χ0n) is 10.3. The van der Waals surface area contributed by atoms with Crippen molar-refractivity contribution in [2.45, 2.75) is 32.4 Å². The van der Waals surface area contributed by atoms with Crippen LogP contribution in [0.1, 0.15) is 19.4 Å². The highest BCUT2D eigenvalue weighted by Crippen LogP contribution is 2.12. The largest absolute Gasteiger partial charge is 0.311 e. The highest BCUT2D eigenvalue weighted by atomic mass is 15.2. The number of rotatable bonds is 3. The minimum Gasteiger partial charge on any atom is -0.311 e. The Balaban J connectivity index is 1.98. The molecule has 2 rings (SSSR count). The van der Waals surface area contributed by atoms with Crippen LogP contribution in [0.2, 0.25) is 0 Å².